The van der Waals surface area contributed by atoms with Gasteiger partial charge in [-0.2, -0.15) is 5.26 Å². The van der Waals surface area contributed by atoms with Crippen LogP contribution < -0.4 is 10.6 Å². The Kier molecular flexibility index (Phi) is 4.83. The lowest BCUT2D eigenvalue weighted by Crippen LogP contribution is -2.15. The maximum Gasteiger partial charge on any atom is 0.267 e. The summed E-state index contributed by atoms with van der Waals surface area (Å²) in [5.74, 6) is -0.172. The van der Waals surface area contributed by atoms with Crippen molar-refractivity contribution in [2.75, 3.05) is 10.6 Å². The van der Waals surface area contributed by atoms with Gasteiger partial charge in [-0.05, 0) is 37.1 Å². The Labute approximate surface area is 128 Å². The molecule has 1 aromatic heterocycles. The molecule has 1 heterocycles. The van der Waals surface area contributed by atoms with Gasteiger partial charge in [0.15, 0.2) is 0 Å². The molecule has 0 aliphatic carbocycles. The molecule has 0 aliphatic rings. The second kappa shape index (κ2) is 6.99. The van der Waals surface area contributed by atoms with Crippen LogP contribution in [-0.4, -0.2) is 15.9 Å². The molecule has 0 saturated heterocycles. The first-order valence-corrected chi connectivity index (χ1v) is 6.63. The molecule has 1 amide bonds. The van der Waals surface area contributed by atoms with Gasteiger partial charge in [-0.3, -0.25) is 4.79 Å². The third-order valence-electron chi connectivity index (χ3n) is 3.13. The number of carbonyl (C=O) groups is 1. The summed E-state index contributed by atoms with van der Waals surface area (Å²) >= 11 is 0. The third kappa shape index (κ3) is 3.67. The molecule has 0 saturated carbocycles. The minimum Gasteiger partial charge on any atom is -0.329 e. The largest absolute Gasteiger partial charge is 0.329 e. The number of anilines is 2. The summed E-state index contributed by atoms with van der Waals surface area (Å²) in [5, 5.41) is 14.6. The van der Waals surface area contributed by atoms with Crippen molar-refractivity contribution in [1.29, 1.82) is 5.26 Å². The van der Waals surface area contributed by atoms with Crippen molar-refractivity contribution in [2.24, 2.45) is 0 Å². The Balaban J connectivity index is 2.12. The fourth-order valence-electron chi connectivity index (χ4n) is 1.74. The van der Waals surface area contributed by atoms with Crippen LogP contribution in [0.5, 0.6) is 0 Å². The molecule has 22 heavy (non-hydrogen) atoms. The number of rotatable bonds is 4. The Hall–Kier alpha value is -3.20. The molecule has 6 heteroatoms. The molecular formula is C16H15N5O. The quantitative estimate of drug-likeness (QED) is 0.667. The molecule has 110 valence electrons. The molecule has 0 unspecified atom stereocenters. The van der Waals surface area contributed by atoms with Gasteiger partial charge in [-0.25, -0.2) is 9.97 Å². The number of aryl methyl sites for hydroxylation is 1. The molecule has 0 bridgehead atoms. The van der Waals surface area contributed by atoms with E-state index >= 15 is 0 Å². The lowest BCUT2D eigenvalue weighted by atomic mass is 10.1. The highest BCUT2D eigenvalue weighted by atomic mass is 16.1. The highest BCUT2D eigenvalue weighted by Crippen LogP contribution is 2.18. The van der Waals surface area contributed by atoms with E-state index in [1.165, 1.54) is 6.20 Å². The topological polar surface area (TPSA) is 90.7 Å². The van der Waals surface area contributed by atoms with E-state index in [2.05, 4.69) is 20.6 Å². The predicted molar refractivity (Wildman–Crippen MR) is 83.9 cm³/mol. The van der Waals surface area contributed by atoms with Crippen molar-refractivity contribution in [2.45, 2.75) is 13.8 Å². The average molecular weight is 293 g/mol. The summed E-state index contributed by atoms with van der Waals surface area (Å²) in [4.78, 5) is 20.0. The minimum absolute atomic E-state index is 0.0617. The molecule has 2 aromatic rings. The van der Waals surface area contributed by atoms with Gasteiger partial charge in [0, 0.05) is 24.3 Å². The number of aromatic nitrogens is 2. The normalized spacial score (nSPS) is 10.7. The number of amides is 1. The number of nitriles is 1. The lowest BCUT2D eigenvalue weighted by Gasteiger charge is -2.09. The fraction of sp³-hybridized carbons (Fsp3) is 0.125. The second-order valence-electron chi connectivity index (χ2n) is 4.59. The van der Waals surface area contributed by atoms with Gasteiger partial charge in [0.05, 0.1) is 0 Å². The minimum atomic E-state index is -0.486. The smallest absolute Gasteiger partial charge is 0.267 e. The first-order valence-electron chi connectivity index (χ1n) is 6.63. The molecule has 2 N–H and O–H groups in total. The standard InChI is InChI=1S/C16H15N5O/c1-11-5-3-6-14(12(11)2)21-15(22)13(9-17)10-20-16-18-7-4-8-19-16/h3-8,10H,1-2H3,(H,21,22)(H,18,19,20)/b13-10-. The summed E-state index contributed by atoms with van der Waals surface area (Å²) in [6, 6.07) is 9.14. The van der Waals surface area contributed by atoms with Crippen LogP contribution >= 0.6 is 0 Å². The molecule has 0 aliphatic heterocycles. The molecule has 1 aromatic carbocycles. The van der Waals surface area contributed by atoms with Crippen molar-refractivity contribution in [1.82, 2.24) is 9.97 Å². The Bertz CT molecular complexity index is 747. The van der Waals surface area contributed by atoms with Gasteiger partial charge in [0.2, 0.25) is 5.95 Å². The van der Waals surface area contributed by atoms with E-state index < -0.39 is 5.91 Å². The van der Waals surface area contributed by atoms with Crippen LogP contribution in [-0.2, 0) is 4.79 Å². The van der Waals surface area contributed by atoms with E-state index in [0.717, 1.165) is 11.1 Å². The maximum absolute atomic E-state index is 12.1. The summed E-state index contributed by atoms with van der Waals surface area (Å²) < 4.78 is 0. The van der Waals surface area contributed by atoms with Crippen molar-refractivity contribution in [3.8, 4) is 6.07 Å². The van der Waals surface area contributed by atoms with Crippen molar-refractivity contribution < 1.29 is 4.79 Å². The van der Waals surface area contributed by atoms with E-state index in [4.69, 9.17) is 5.26 Å². The van der Waals surface area contributed by atoms with E-state index in [1.807, 2.05) is 32.0 Å². The first-order chi connectivity index (χ1) is 10.6. The van der Waals surface area contributed by atoms with Crippen molar-refractivity contribution in [3.05, 3.63) is 59.6 Å². The molecule has 0 spiro atoms. The second-order valence-corrected chi connectivity index (χ2v) is 4.59. The summed E-state index contributed by atoms with van der Waals surface area (Å²) in [7, 11) is 0. The van der Waals surface area contributed by atoms with Crippen molar-refractivity contribution >= 4 is 17.5 Å². The number of benzene rings is 1. The van der Waals surface area contributed by atoms with E-state index in [0.29, 0.717) is 11.6 Å². The zero-order chi connectivity index (χ0) is 15.9. The number of nitrogens with one attached hydrogen (secondary N) is 2. The fourth-order valence-corrected chi connectivity index (χ4v) is 1.74. The number of carbonyl (C=O) groups excluding carboxylic acids is 1. The van der Waals surface area contributed by atoms with Gasteiger partial charge in [0.1, 0.15) is 11.6 Å². The molecule has 2 rings (SSSR count). The first kappa shape index (κ1) is 15.2. The molecule has 0 fully saturated rings. The Morgan fingerprint density at radius 3 is 2.64 bits per heavy atom. The van der Waals surface area contributed by atoms with Crippen LogP contribution in [0.15, 0.2) is 48.4 Å². The SMILES string of the molecule is Cc1cccc(NC(=O)/C(C#N)=C\Nc2ncccn2)c1C. The maximum atomic E-state index is 12.1. The van der Waals surface area contributed by atoms with Crippen LogP contribution in [0.1, 0.15) is 11.1 Å². The van der Waals surface area contributed by atoms with E-state index in [9.17, 15) is 4.79 Å². The predicted octanol–water partition coefficient (Wildman–Crippen LogP) is 2.55. The summed E-state index contributed by atoms with van der Waals surface area (Å²) in [5.41, 5.74) is 2.65. The molecule has 0 atom stereocenters. The van der Waals surface area contributed by atoms with Gasteiger partial charge in [0.25, 0.3) is 5.91 Å². The van der Waals surface area contributed by atoms with Crippen LogP contribution in [0, 0.1) is 25.2 Å². The molecule has 0 radical (unpaired) electrons. The van der Waals surface area contributed by atoms with Crippen LogP contribution in [0.3, 0.4) is 0 Å². The number of nitrogens with zero attached hydrogens (tertiary/aromatic N) is 3. The number of hydrogen-bond acceptors (Lipinski definition) is 5. The molecule has 6 nitrogen and oxygen atoms in total. The van der Waals surface area contributed by atoms with E-state index in [-0.39, 0.29) is 5.57 Å². The van der Waals surface area contributed by atoms with Crippen LogP contribution in [0.2, 0.25) is 0 Å². The van der Waals surface area contributed by atoms with Gasteiger partial charge >= 0.3 is 0 Å². The zero-order valence-electron chi connectivity index (χ0n) is 12.3. The highest BCUT2D eigenvalue weighted by molar-refractivity contribution is 6.07. The zero-order valence-corrected chi connectivity index (χ0v) is 12.3. The Morgan fingerprint density at radius 1 is 1.23 bits per heavy atom. The van der Waals surface area contributed by atoms with Crippen LogP contribution in [0.25, 0.3) is 0 Å². The lowest BCUT2D eigenvalue weighted by molar-refractivity contribution is -0.112. The van der Waals surface area contributed by atoms with Gasteiger partial charge in [-0.1, -0.05) is 12.1 Å². The summed E-state index contributed by atoms with van der Waals surface area (Å²) in [6.07, 6.45) is 4.41. The summed E-state index contributed by atoms with van der Waals surface area (Å²) in [6.45, 7) is 3.87. The average Bonchev–Trinajstić information content (AvgIpc) is 2.53. The van der Waals surface area contributed by atoms with Crippen molar-refractivity contribution in [3.63, 3.8) is 0 Å². The third-order valence-corrected chi connectivity index (χ3v) is 3.13. The molecular weight excluding hydrogens is 278 g/mol. The Morgan fingerprint density at radius 2 is 1.95 bits per heavy atom. The van der Waals surface area contributed by atoms with E-state index in [1.54, 1.807) is 24.5 Å². The van der Waals surface area contributed by atoms with Gasteiger partial charge in [-0.15, -0.1) is 0 Å². The monoisotopic (exact) mass is 293 g/mol. The number of hydrogen-bond donors (Lipinski definition) is 2. The highest BCUT2D eigenvalue weighted by Gasteiger charge is 2.11. The van der Waals surface area contributed by atoms with Gasteiger partial charge < -0.3 is 10.6 Å². The van der Waals surface area contributed by atoms with Crippen LogP contribution in [0.4, 0.5) is 11.6 Å².